The average Bonchev–Trinajstić information content (AvgIpc) is 3.19. The van der Waals surface area contributed by atoms with Crippen molar-refractivity contribution < 1.29 is 9.59 Å². The van der Waals surface area contributed by atoms with Crippen molar-refractivity contribution in [3.63, 3.8) is 0 Å². The molecule has 0 atom stereocenters. The summed E-state index contributed by atoms with van der Waals surface area (Å²) in [5.41, 5.74) is 2.54. The molecule has 154 valence electrons. The Balaban J connectivity index is 1.83. The largest absolute Gasteiger partial charge is 0.358 e. The Labute approximate surface area is 187 Å². The molecule has 3 aromatic heterocycles. The minimum absolute atomic E-state index is 0.161. The van der Waals surface area contributed by atoms with Crippen LogP contribution in [0.1, 0.15) is 27.8 Å². The van der Waals surface area contributed by atoms with Gasteiger partial charge in [0.1, 0.15) is 5.82 Å². The predicted molar refractivity (Wildman–Crippen MR) is 118 cm³/mol. The van der Waals surface area contributed by atoms with Gasteiger partial charge in [-0.25, -0.2) is 9.97 Å². The number of ketones is 1. The lowest BCUT2D eigenvalue weighted by Crippen LogP contribution is -2.25. The lowest BCUT2D eigenvalue weighted by molar-refractivity contribution is 0.0985. The van der Waals surface area contributed by atoms with Crippen molar-refractivity contribution in [3.05, 3.63) is 54.0 Å². The van der Waals surface area contributed by atoms with E-state index in [2.05, 4.69) is 9.97 Å². The van der Waals surface area contributed by atoms with Gasteiger partial charge in [-0.15, -0.1) is 0 Å². The lowest BCUT2D eigenvalue weighted by Gasteiger charge is -2.23. The molecule has 0 aromatic carbocycles. The van der Waals surface area contributed by atoms with E-state index in [0.29, 0.717) is 40.7 Å². The van der Waals surface area contributed by atoms with Gasteiger partial charge in [-0.1, -0.05) is 34.8 Å². The van der Waals surface area contributed by atoms with Crippen LogP contribution in [0, 0.1) is 0 Å². The minimum atomic E-state index is -2.05. The van der Waals surface area contributed by atoms with Crippen molar-refractivity contribution in [1.29, 1.82) is 0 Å². The second-order valence-electron chi connectivity index (χ2n) is 6.65. The van der Waals surface area contributed by atoms with Gasteiger partial charge in [-0.05, 0) is 37.3 Å². The number of Topliss-reactive ketones (excluding diaryl/α,β-unsaturated/α-hetero) is 1. The molecule has 0 fully saturated rings. The summed E-state index contributed by atoms with van der Waals surface area (Å²) in [4.78, 5) is 40.6. The molecule has 0 radical (unpaired) electrons. The molecule has 30 heavy (non-hydrogen) atoms. The van der Waals surface area contributed by atoms with Gasteiger partial charge in [0.15, 0.2) is 5.82 Å². The third-order valence-electron chi connectivity index (χ3n) is 4.85. The van der Waals surface area contributed by atoms with Crippen LogP contribution in [0.15, 0.2) is 42.7 Å². The van der Waals surface area contributed by atoms with Crippen molar-refractivity contribution in [3.8, 4) is 11.3 Å². The SMILES string of the molecule is CCN1c2ncccc2C(=O)N(C)c2ccc(-c3c[nH]c(C(=O)C(Cl)(Cl)Cl)c3)nc21. The molecule has 0 unspecified atom stereocenters. The molecule has 10 heteroatoms. The fourth-order valence-corrected chi connectivity index (χ4v) is 3.66. The third kappa shape index (κ3) is 3.43. The highest BCUT2D eigenvalue weighted by molar-refractivity contribution is 6.77. The Hall–Kier alpha value is -2.61. The first-order chi connectivity index (χ1) is 14.2. The van der Waals surface area contributed by atoms with Crippen molar-refractivity contribution in [2.24, 2.45) is 0 Å². The molecule has 0 saturated carbocycles. The molecule has 0 spiro atoms. The smallest absolute Gasteiger partial charge is 0.261 e. The van der Waals surface area contributed by atoms with E-state index in [1.54, 1.807) is 48.6 Å². The van der Waals surface area contributed by atoms with Gasteiger partial charge in [-0.3, -0.25) is 9.59 Å². The van der Waals surface area contributed by atoms with E-state index in [1.807, 2.05) is 17.9 Å². The molecule has 7 nitrogen and oxygen atoms in total. The van der Waals surface area contributed by atoms with Crippen molar-refractivity contribution in [1.82, 2.24) is 15.0 Å². The Kier molecular flexibility index (Phi) is 5.22. The molecule has 0 bridgehead atoms. The number of anilines is 3. The van der Waals surface area contributed by atoms with Crippen LogP contribution in [0.5, 0.6) is 0 Å². The van der Waals surface area contributed by atoms with Gasteiger partial charge in [0.25, 0.3) is 9.70 Å². The van der Waals surface area contributed by atoms with Gasteiger partial charge in [0.2, 0.25) is 5.78 Å². The highest BCUT2D eigenvalue weighted by Crippen LogP contribution is 2.39. The Morgan fingerprint density at radius 1 is 1.20 bits per heavy atom. The second kappa shape index (κ2) is 7.58. The molecule has 0 aliphatic carbocycles. The maximum Gasteiger partial charge on any atom is 0.261 e. The summed E-state index contributed by atoms with van der Waals surface area (Å²) < 4.78 is -2.05. The van der Waals surface area contributed by atoms with Crippen LogP contribution in [-0.4, -0.2) is 44.0 Å². The van der Waals surface area contributed by atoms with Crippen LogP contribution in [-0.2, 0) is 0 Å². The number of fused-ring (bicyclic) bond motifs is 2. The summed E-state index contributed by atoms with van der Waals surface area (Å²) in [6.07, 6.45) is 3.26. The second-order valence-corrected chi connectivity index (χ2v) is 8.93. The van der Waals surface area contributed by atoms with Crippen LogP contribution in [0.25, 0.3) is 11.3 Å². The first-order valence-corrected chi connectivity index (χ1v) is 10.2. The summed E-state index contributed by atoms with van der Waals surface area (Å²) in [7, 11) is 1.70. The zero-order valence-corrected chi connectivity index (χ0v) is 18.3. The number of carbonyl (C=O) groups excluding carboxylic acids is 2. The van der Waals surface area contributed by atoms with E-state index in [0.717, 1.165) is 0 Å². The lowest BCUT2D eigenvalue weighted by atomic mass is 10.2. The molecular weight excluding hydrogens is 449 g/mol. The first-order valence-electron chi connectivity index (χ1n) is 9.04. The predicted octanol–water partition coefficient (Wildman–Crippen LogP) is 4.77. The maximum atomic E-state index is 12.9. The maximum absolute atomic E-state index is 12.9. The van der Waals surface area contributed by atoms with Gasteiger partial charge in [0.05, 0.1) is 22.6 Å². The van der Waals surface area contributed by atoms with E-state index in [1.165, 1.54) is 0 Å². The van der Waals surface area contributed by atoms with E-state index < -0.39 is 9.58 Å². The number of hydrogen-bond donors (Lipinski definition) is 1. The molecule has 1 N–H and O–H groups in total. The number of aromatic nitrogens is 3. The highest BCUT2D eigenvalue weighted by atomic mass is 35.6. The minimum Gasteiger partial charge on any atom is -0.358 e. The van der Waals surface area contributed by atoms with Crippen LogP contribution in [0.3, 0.4) is 0 Å². The number of hydrogen-bond acceptors (Lipinski definition) is 5. The molecule has 1 aliphatic rings. The molecule has 4 rings (SSSR count). The van der Waals surface area contributed by atoms with E-state index >= 15 is 0 Å². The number of rotatable bonds is 3. The Morgan fingerprint density at radius 3 is 2.67 bits per heavy atom. The fraction of sp³-hybridized carbons (Fsp3) is 0.200. The van der Waals surface area contributed by atoms with Gasteiger partial charge in [-0.2, -0.15) is 0 Å². The molecule has 4 heterocycles. The van der Waals surface area contributed by atoms with Crippen molar-refractivity contribution in [2.75, 3.05) is 23.4 Å². The average molecular weight is 465 g/mol. The fourth-order valence-electron chi connectivity index (χ4n) is 3.36. The summed E-state index contributed by atoms with van der Waals surface area (Å²) in [5, 5.41) is 0. The quantitative estimate of drug-likeness (QED) is 0.446. The molecule has 1 amide bonds. The van der Waals surface area contributed by atoms with Crippen LogP contribution in [0.4, 0.5) is 17.3 Å². The zero-order chi connectivity index (χ0) is 21.6. The number of nitrogens with zero attached hydrogens (tertiary/aromatic N) is 4. The Morgan fingerprint density at radius 2 is 1.97 bits per heavy atom. The summed E-state index contributed by atoms with van der Waals surface area (Å²) in [5.74, 6) is 0.300. The number of halogens is 3. The first kappa shape index (κ1) is 20.7. The van der Waals surface area contributed by atoms with Gasteiger partial charge in [0, 0.05) is 31.5 Å². The topological polar surface area (TPSA) is 82.2 Å². The summed E-state index contributed by atoms with van der Waals surface area (Å²) in [6, 6.07) is 8.64. The summed E-state index contributed by atoms with van der Waals surface area (Å²) >= 11 is 17.1. The van der Waals surface area contributed by atoms with E-state index in [9.17, 15) is 9.59 Å². The van der Waals surface area contributed by atoms with Crippen molar-refractivity contribution >= 4 is 63.8 Å². The van der Waals surface area contributed by atoms with Gasteiger partial charge < -0.3 is 14.8 Å². The molecule has 1 aliphatic heterocycles. The summed E-state index contributed by atoms with van der Waals surface area (Å²) in [6.45, 7) is 2.51. The highest BCUT2D eigenvalue weighted by Gasteiger charge is 2.33. The van der Waals surface area contributed by atoms with Crippen molar-refractivity contribution in [2.45, 2.75) is 10.7 Å². The van der Waals surface area contributed by atoms with Crippen LogP contribution in [0.2, 0.25) is 0 Å². The van der Waals surface area contributed by atoms with Crippen LogP contribution < -0.4 is 9.80 Å². The van der Waals surface area contributed by atoms with Crippen LogP contribution >= 0.6 is 34.8 Å². The number of carbonyl (C=O) groups is 2. The number of alkyl halides is 3. The van der Waals surface area contributed by atoms with E-state index in [4.69, 9.17) is 39.8 Å². The number of aromatic amines is 1. The number of pyridine rings is 2. The third-order valence-corrected chi connectivity index (χ3v) is 5.36. The number of H-pyrrole nitrogens is 1. The van der Waals surface area contributed by atoms with E-state index in [-0.39, 0.29) is 11.6 Å². The molecular formula is C20H16Cl3N5O2. The zero-order valence-electron chi connectivity index (χ0n) is 16.0. The molecule has 3 aromatic rings. The number of nitrogens with one attached hydrogen (secondary N) is 1. The molecule has 0 saturated heterocycles. The standard InChI is InChI=1S/C20H16Cl3N5O2/c1-3-28-17-12(5-4-8-24-17)19(30)27(2)15-7-6-13(26-18(15)28)11-9-14(25-10-11)16(29)20(21,22)23/h4-10,25H,3H2,1-2H3. The normalized spacial score (nSPS) is 13.7. The monoisotopic (exact) mass is 463 g/mol. The van der Waals surface area contributed by atoms with Gasteiger partial charge >= 0.3 is 0 Å². The Bertz CT molecular complexity index is 1160. The number of amides is 1.